The van der Waals surface area contributed by atoms with Gasteiger partial charge in [-0.15, -0.1) is 0 Å². The zero-order chi connectivity index (χ0) is 15.4. The molecule has 1 aromatic rings. The summed E-state index contributed by atoms with van der Waals surface area (Å²) in [6.45, 7) is 3.79. The van der Waals surface area contributed by atoms with Crippen LogP contribution < -0.4 is 15.4 Å². The van der Waals surface area contributed by atoms with Crippen LogP contribution in [0.3, 0.4) is 0 Å². The van der Waals surface area contributed by atoms with Crippen LogP contribution in [0.2, 0.25) is 0 Å². The number of aryl methyl sites for hydroxylation is 1. The van der Waals surface area contributed by atoms with Crippen LogP contribution in [0.25, 0.3) is 0 Å². The molecular weight excluding hydrogens is 272 g/mol. The van der Waals surface area contributed by atoms with Gasteiger partial charge in [0, 0.05) is 6.54 Å². The summed E-state index contributed by atoms with van der Waals surface area (Å²) >= 11 is 0. The van der Waals surface area contributed by atoms with E-state index in [9.17, 15) is 14.7 Å². The van der Waals surface area contributed by atoms with Gasteiger partial charge in [-0.2, -0.15) is 0 Å². The molecule has 6 heteroatoms. The van der Waals surface area contributed by atoms with Gasteiger partial charge in [-0.25, -0.2) is 4.79 Å². The zero-order valence-corrected chi connectivity index (χ0v) is 12.2. The highest BCUT2D eigenvalue weighted by Crippen LogP contribution is 2.33. The molecule has 1 aromatic carbocycles. The van der Waals surface area contributed by atoms with Gasteiger partial charge in [-0.1, -0.05) is 6.07 Å². The Kier molecular flexibility index (Phi) is 4.80. The molecule has 0 bridgehead atoms. The minimum atomic E-state index is -0.781. The number of hydrogen-bond donors (Lipinski definition) is 3. The Morgan fingerprint density at radius 3 is 2.95 bits per heavy atom. The first-order valence-electron chi connectivity index (χ1n) is 7.07. The summed E-state index contributed by atoms with van der Waals surface area (Å²) in [5.74, 6) is 0.0582. The first kappa shape index (κ1) is 15.3. The third kappa shape index (κ3) is 3.72. The van der Waals surface area contributed by atoms with E-state index in [4.69, 9.17) is 4.74 Å². The molecule has 0 aromatic heterocycles. The highest BCUT2D eigenvalue weighted by molar-refractivity contribution is 5.96. The summed E-state index contributed by atoms with van der Waals surface area (Å²) in [4.78, 5) is 23.1. The second-order valence-corrected chi connectivity index (χ2v) is 5.02. The molecule has 0 spiro atoms. The summed E-state index contributed by atoms with van der Waals surface area (Å²) in [6.07, 6.45) is 0.323. The maximum Gasteiger partial charge on any atom is 0.321 e. The Morgan fingerprint density at radius 1 is 1.48 bits per heavy atom. The van der Waals surface area contributed by atoms with Crippen molar-refractivity contribution in [2.45, 2.75) is 38.9 Å². The fourth-order valence-corrected chi connectivity index (χ4v) is 2.32. The molecule has 3 amide bonds. The highest BCUT2D eigenvalue weighted by Gasteiger charge is 2.22. The van der Waals surface area contributed by atoms with Crippen molar-refractivity contribution in [3.63, 3.8) is 0 Å². The maximum absolute atomic E-state index is 11.8. The van der Waals surface area contributed by atoms with Gasteiger partial charge in [0.2, 0.25) is 0 Å². The van der Waals surface area contributed by atoms with Crippen LogP contribution in [0.15, 0.2) is 18.2 Å². The van der Waals surface area contributed by atoms with Crippen molar-refractivity contribution in [1.29, 1.82) is 0 Å². The average molecular weight is 292 g/mol. The summed E-state index contributed by atoms with van der Waals surface area (Å²) < 4.78 is 5.54. The summed E-state index contributed by atoms with van der Waals surface area (Å²) in [5.41, 5.74) is 1.96. The van der Waals surface area contributed by atoms with Crippen LogP contribution in [0.5, 0.6) is 5.75 Å². The van der Waals surface area contributed by atoms with Gasteiger partial charge >= 0.3 is 6.03 Å². The van der Waals surface area contributed by atoms with Crippen molar-refractivity contribution in [2.75, 3.05) is 6.54 Å². The Morgan fingerprint density at radius 2 is 2.24 bits per heavy atom. The Bertz CT molecular complexity index is 544. The second-order valence-electron chi connectivity index (χ2n) is 5.02. The molecule has 1 aliphatic carbocycles. The minimum absolute atomic E-state index is 0.410. The first-order chi connectivity index (χ1) is 10.0. The normalized spacial score (nSPS) is 17.8. The van der Waals surface area contributed by atoms with E-state index in [0.717, 1.165) is 17.5 Å². The van der Waals surface area contributed by atoms with Crippen molar-refractivity contribution >= 4 is 11.9 Å². The standard InChI is InChI=1S/C15H20N2O4/c1-3-16-15(20)17-14(19)9(2)21-11-5-6-12-10(8-11)4-7-13(12)18/h5-6,8-9,13,18H,3-4,7H2,1-2H3,(H2,16,17,19,20). The largest absolute Gasteiger partial charge is 0.481 e. The number of aliphatic hydroxyl groups excluding tert-OH is 1. The molecule has 1 aliphatic rings. The fourth-order valence-electron chi connectivity index (χ4n) is 2.32. The quantitative estimate of drug-likeness (QED) is 0.780. The third-order valence-corrected chi connectivity index (χ3v) is 3.42. The minimum Gasteiger partial charge on any atom is -0.481 e. The number of amides is 3. The maximum atomic E-state index is 11.8. The van der Waals surface area contributed by atoms with Crippen LogP contribution in [-0.4, -0.2) is 29.7 Å². The molecule has 2 atom stereocenters. The summed E-state index contributed by atoms with van der Waals surface area (Å²) in [7, 11) is 0. The number of imide groups is 1. The van der Waals surface area contributed by atoms with Crippen molar-refractivity contribution in [1.82, 2.24) is 10.6 Å². The molecule has 0 heterocycles. The molecular formula is C15H20N2O4. The molecule has 2 rings (SSSR count). The van der Waals surface area contributed by atoms with Gasteiger partial charge in [0.05, 0.1) is 6.10 Å². The van der Waals surface area contributed by atoms with Crippen molar-refractivity contribution in [2.24, 2.45) is 0 Å². The molecule has 0 radical (unpaired) electrons. The lowest BCUT2D eigenvalue weighted by Crippen LogP contribution is -2.45. The van der Waals surface area contributed by atoms with Gasteiger partial charge in [0.25, 0.3) is 5.91 Å². The predicted octanol–water partition coefficient (Wildman–Crippen LogP) is 1.28. The van der Waals surface area contributed by atoms with E-state index in [1.54, 1.807) is 19.9 Å². The fraction of sp³-hybridized carbons (Fsp3) is 0.467. The van der Waals surface area contributed by atoms with E-state index in [1.807, 2.05) is 12.1 Å². The molecule has 0 fully saturated rings. The molecule has 114 valence electrons. The van der Waals surface area contributed by atoms with E-state index in [-0.39, 0.29) is 0 Å². The van der Waals surface area contributed by atoms with Crippen LogP contribution in [-0.2, 0) is 11.2 Å². The number of fused-ring (bicyclic) bond motifs is 1. The topological polar surface area (TPSA) is 87.7 Å². The SMILES string of the molecule is CCNC(=O)NC(=O)C(C)Oc1ccc2c(c1)CCC2O. The van der Waals surface area contributed by atoms with Gasteiger partial charge in [0.1, 0.15) is 5.75 Å². The monoisotopic (exact) mass is 292 g/mol. The molecule has 2 unspecified atom stereocenters. The van der Waals surface area contributed by atoms with E-state index < -0.39 is 24.1 Å². The van der Waals surface area contributed by atoms with Crippen LogP contribution >= 0.6 is 0 Å². The summed E-state index contributed by atoms with van der Waals surface area (Å²) in [6, 6.07) is 4.84. The van der Waals surface area contributed by atoms with Crippen LogP contribution in [0.1, 0.15) is 37.5 Å². The highest BCUT2D eigenvalue weighted by atomic mass is 16.5. The van der Waals surface area contributed by atoms with E-state index >= 15 is 0 Å². The number of nitrogens with one attached hydrogen (secondary N) is 2. The number of rotatable bonds is 4. The molecule has 0 saturated carbocycles. The number of ether oxygens (including phenoxy) is 1. The molecule has 3 N–H and O–H groups in total. The Labute approximate surface area is 123 Å². The first-order valence-corrected chi connectivity index (χ1v) is 7.07. The van der Waals surface area contributed by atoms with Crippen molar-refractivity contribution < 1.29 is 19.4 Å². The molecule has 21 heavy (non-hydrogen) atoms. The van der Waals surface area contributed by atoms with Crippen molar-refractivity contribution in [3.05, 3.63) is 29.3 Å². The van der Waals surface area contributed by atoms with Crippen molar-refractivity contribution in [3.8, 4) is 5.75 Å². The number of urea groups is 1. The van der Waals surface area contributed by atoms with Gasteiger partial charge in [-0.3, -0.25) is 10.1 Å². The number of aliphatic hydroxyl groups is 1. The Balaban J connectivity index is 1.95. The average Bonchev–Trinajstić information content (AvgIpc) is 2.80. The van der Waals surface area contributed by atoms with Gasteiger partial charge < -0.3 is 15.2 Å². The third-order valence-electron chi connectivity index (χ3n) is 3.42. The molecule has 6 nitrogen and oxygen atoms in total. The lowest BCUT2D eigenvalue weighted by Gasteiger charge is -2.15. The molecule has 0 saturated heterocycles. The lowest BCUT2D eigenvalue weighted by atomic mass is 10.1. The predicted molar refractivity (Wildman–Crippen MR) is 77.0 cm³/mol. The second kappa shape index (κ2) is 6.58. The smallest absolute Gasteiger partial charge is 0.321 e. The molecule has 0 aliphatic heterocycles. The Hall–Kier alpha value is -2.08. The van der Waals surface area contributed by atoms with E-state index in [2.05, 4.69) is 10.6 Å². The van der Waals surface area contributed by atoms with Crippen LogP contribution in [0, 0.1) is 0 Å². The van der Waals surface area contributed by atoms with E-state index in [1.165, 1.54) is 0 Å². The van der Waals surface area contributed by atoms with Gasteiger partial charge in [0.15, 0.2) is 6.10 Å². The summed E-state index contributed by atoms with van der Waals surface area (Å²) in [5, 5.41) is 14.4. The van der Waals surface area contributed by atoms with Crippen LogP contribution in [0.4, 0.5) is 4.79 Å². The lowest BCUT2D eigenvalue weighted by molar-refractivity contribution is -0.126. The number of carbonyl (C=O) groups is 2. The number of benzene rings is 1. The number of carbonyl (C=O) groups excluding carboxylic acids is 2. The number of hydrogen-bond acceptors (Lipinski definition) is 4. The van der Waals surface area contributed by atoms with Gasteiger partial charge in [-0.05, 0) is 49.9 Å². The zero-order valence-electron chi connectivity index (χ0n) is 12.2. The van der Waals surface area contributed by atoms with E-state index in [0.29, 0.717) is 18.7 Å².